The number of primary amides is 1. The van der Waals surface area contributed by atoms with Crippen LogP contribution in [-0.4, -0.2) is 338 Å². The Hall–Kier alpha value is -12.8. The van der Waals surface area contributed by atoms with E-state index in [0.29, 0.717) is 30.5 Å². The quantitative estimate of drug-likeness (QED) is 0.00643. The molecular weight excluding hydrogens is 1710 g/mol. The first-order chi connectivity index (χ1) is 61.3. The number of carboxylic acid groups (broad SMARTS) is 3. The number of phenolic OH excluding ortho intramolecular Hbond substituents is 1. The van der Waals surface area contributed by atoms with Crippen molar-refractivity contribution in [3.8, 4) is 5.75 Å². The monoisotopic (exact) mass is 1830 g/mol. The summed E-state index contributed by atoms with van der Waals surface area (Å²) < 4.78 is 0. The number of hydrazone groups is 1. The van der Waals surface area contributed by atoms with Crippen LogP contribution in [0.3, 0.4) is 0 Å². The molecule has 0 radical (unpaired) electrons. The number of rotatable bonds is 58. The minimum Gasteiger partial charge on any atom is -0.508 e. The highest BCUT2D eigenvalue weighted by Crippen LogP contribution is 2.16. The van der Waals surface area contributed by atoms with Crippen LogP contribution in [0.4, 0.5) is 0 Å². The number of thiocarbonyl (C=S) groups is 1. The van der Waals surface area contributed by atoms with Crippen LogP contribution in [0.2, 0.25) is 0 Å². The first kappa shape index (κ1) is 106. The predicted octanol–water partition coefficient (Wildman–Crippen LogP) is -6.39. The molecule has 0 unspecified atom stereocenters. The fourth-order valence-electron chi connectivity index (χ4n) is 12.9. The van der Waals surface area contributed by atoms with Crippen LogP contribution in [0.1, 0.15) is 106 Å². The Bertz CT molecular complexity index is 4260. The molecule has 2 aromatic carbocycles. The van der Waals surface area contributed by atoms with Gasteiger partial charge in [0.1, 0.15) is 48.2 Å². The van der Waals surface area contributed by atoms with Gasteiger partial charge in [-0.3, -0.25) is 107 Å². The number of carbonyl (C=O) groups is 17. The fraction of sp³-hybridized carbons (Fsp3) is 0.537. The highest BCUT2D eigenvalue weighted by atomic mass is 32.1. The van der Waals surface area contributed by atoms with Crippen molar-refractivity contribution >= 4 is 137 Å². The lowest BCUT2D eigenvalue weighted by molar-refractivity contribution is -0.140. The van der Waals surface area contributed by atoms with Crippen molar-refractivity contribution in [2.75, 3.05) is 130 Å². The largest absolute Gasteiger partial charge is 0.508 e. The van der Waals surface area contributed by atoms with E-state index < -0.39 is 170 Å². The molecular formula is C80H119N25O21S2. The number of carboxylic acids is 3. The number of nitrogens with zero attached hydrogens (tertiary/aromatic N) is 7. The SMILES string of the molecule is NC(=O)[C@H](CCCCNC(=O)[C@H](CS)NC(=O)/C=N/NC(N)=S)NC(=O)[C@H](CCCCNC(=O)CNC(=O)CCC(=O)NCCc1cnc[nH]1)NC(=O)[C@@H](Cc1ccc(O)cc1)NC(=O)[C@H](CCCCNC(=O)CNC(=O)CCC(=O)NCCc1cnc[nH]1)NC(=O)[C@H](Cc1ccccc1)NC(=O)CN1CCN(CC(=O)O)CCN(CC(=O)O)CCN(CC(=O)O)CC1. The van der Waals surface area contributed by atoms with Gasteiger partial charge >= 0.3 is 17.9 Å². The zero-order chi connectivity index (χ0) is 93.6. The predicted molar refractivity (Wildman–Crippen MR) is 469 cm³/mol. The molecule has 1 saturated heterocycles. The van der Waals surface area contributed by atoms with E-state index >= 15 is 14.4 Å². The minimum atomic E-state index is -1.66. The molecule has 24 N–H and O–H groups in total. The molecule has 0 aliphatic carbocycles. The van der Waals surface area contributed by atoms with Gasteiger partial charge in [0.2, 0.25) is 76.8 Å². The van der Waals surface area contributed by atoms with Gasteiger partial charge in [-0.1, -0.05) is 42.5 Å². The van der Waals surface area contributed by atoms with Crippen molar-refractivity contribution in [1.29, 1.82) is 0 Å². The first-order valence-electron chi connectivity index (χ1n) is 41.8. The topological polar surface area (TPSA) is 674 Å². The van der Waals surface area contributed by atoms with E-state index in [1.807, 2.05) is 0 Å². The molecule has 5 rings (SSSR count). The van der Waals surface area contributed by atoms with E-state index in [1.165, 1.54) is 36.9 Å². The molecule has 6 atom stereocenters. The molecule has 1 aliphatic heterocycles. The number of benzene rings is 2. The van der Waals surface area contributed by atoms with Gasteiger partial charge in [0, 0.05) is 166 Å². The van der Waals surface area contributed by atoms with Gasteiger partial charge in [0.25, 0.3) is 5.91 Å². The van der Waals surface area contributed by atoms with E-state index in [1.54, 1.807) is 62.3 Å². The molecule has 3 heterocycles. The van der Waals surface area contributed by atoms with Crippen LogP contribution >= 0.6 is 24.8 Å². The molecule has 2 aromatic heterocycles. The Labute approximate surface area is 749 Å². The molecule has 0 saturated carbocycles. The van der Waals surface area contributed by atoms with E-state index in [-0.39, 0.29) is 197 Å². The Morgan fingerprint density at radius 2 is 0.805 bits per heavy atom. The molecule has 0 spiro atoms. The van der Waals surface area contributed by atoms with Gasteiger partial charge in [-0.25, -0.2) is 9.97 Å². The number of thiol groups is 1. The maximum Gasteiger partial charge on any atom is 0.317 e. The molecule has 128 heavy (non-hydrogen) atoms. The zero-order valence-corrected chi connectivity index (χ0v) is 72.8. The number of amides is 14. The summed E-state index contributed by atoms with van der Waals surface area (Å²) in [5, 5.41) is 77.5. The number of nitrogens with one attached hydrogen (secondary N) is 16. The molecule has 48 heteroatoms. The lowest BCUT2D eigenvalue weighted by Crippen LogP contribution is -2.60. The first-order valence-corrected chi connectivity index (χ1v) is 42.8. The summed E-state index contributed by atoms with van der Waals surface area (Å²) in [7, 11) is 0. The third-order valence-corrected chi connectivity index (χ3v) is 20.2. The van der Waals surface area contributed by atoms with E-state index in [4.69, 9.17) is 11.5 Å². The maximum absolute atomic E-state index is 15.4. The summed E-state index contributed by atoms with van der Waals surface area (Å²) in [6, 6.07) is 5.15. The van der Waals surface area contributed by atoms with E-state index in [0.717, 1.165) is 17.6 Å². The fourth-order valence-corrected chi connectivity index (χ4v) is 13.2. The van der Waals surface area contributed by atoms with Gasteiger partial charge in [-0.05, 0) is 93.3 Å². The standard InChI is InChI=1S/C80H119N25O21S2/c81-74(121)57(12-4-9-27-89-75(122)62(49-127)96-69(113)44-94-101-80(82)128)97-76(123)58(13-5-7-25-85-67(111)42-90-65(109)21-19-63(107)87-28-23-54-40-83-50-92-54)99-79(126)61(39-53-15-17-56(106)18-16-53)100-77(124)59(14-6-8-26-86-68(112)43-91-66(110)22-20-64(108)88-29-24-55-41-84-51-93-55)98-78(125)60(38-52-10-2-1-3-11-52)95-70(114)45-102-30-32-103(46-71(115)116)34-36-105(48-73(119)120)37-35-104(33-31-102)47-72(117)118/h1-3,10-11,15-18,40-41,44,50-51,57-62,106,127H,4-9,12-14,19-39,42-43,45-49H2,(H2,81,121)(H,83,92)(H,84,93)(H,85,111)(H,86,112)(H,87,107)(H,88,108)(H,89,122)(H,90,109)(H,91,110)(H,95,114)(H,96,113)(H,97,123)(H,98,125)(H,99,126)(H,100,124)(H,115,116)(H,117,118)(H,119,120)(H3,82,101,128)/b94-44+/t57-,58-,59-,60-,61+,62-/m0/s1. The van der Waals surface area contributed by atoms with Crippen LogP contribution in [0.15, 0.2) is 84.7 Å². The van der Waals surface area contributed by atoms with Crippen LogP contribution in [0.5, 0.6) is 5.75 Å². The second-order valence-electron chi connectivity index (χ2n) is 30.0. The Kier molecular flexibility index (Phi) is 49.5. The number of carbonyl (C=O) groups excluding carboxylic acids is 14. The number of aliphatic carboxylic acids is 3. The highest BCUT2D eigenvalue weighted by molar-refractivity contribution is 7.80. The molecule has 4 aromatic rings. The number of imidazole rings is 2. The average Bonchev–Trinajstić information content (AvgIpc) is 1.26. The van der Waals surface area contributed by atoms with Gasteiger partial charge < -0.3 is 111 Å². The normalized spacial score (nSPS) is 14.3. The highest BCUT2D eigenvalue weighted by Gasteiger charge is 2.34. The van der Waals surface area contributed by atoms with Crippen LogP contribution < -0.4 is 86.0 Å². The maximum atomic E-state index is 15.4. The summed E-state index contributed by atoms with van der Waals surface area (Å²) >= 11 is 8.81. The second kappa shape index (κ2) is 60.0. The van der Waals surface area contributed by atoms with Gasteiger partial charge in [0.05, 0.1) is 51.9 Å². The molecule has 14 amide bonds. The summed E-state index contributed by atoms with van der Waals surface area (Å²) in [6.45, 7) is -1.62. The third-order valence-electron chi connectivity index (χ3n) is 19.7. The Morgan fingerprint density at radius 1 is 0.430 bits per heavy atom. The van der Waals surface area contributed by atoms with Crippen LogP contribution in [0.25, 0.3) is 0 Å². The van der Waals surface area contributed by atoms with Crippen molar-refractivity contribution in [3.05, 3.63) is 102 Å². The summed E-state index contributed by atoms with van der Waals surface area (Å²) in [6.07, 6.45) is 6.90. The molecule has 46 nitrogen and oxygen atoms in total. The zero-order valence-electron chi connectivity index (χ0n) is 71.1. The van der Waals surface area contributed by atoms with Crippen molar-refractivity contribution in [2.24, 2.45) is 16.6 Å². The van der Waals surface area contributed by atoms with Crippen molar-refractivity contribution < 1.29 is 102 Å². The number of aromatic nitrogens is 4. The number of phenols is 1. The number of aromatic hydroxyl groups is 1. The number of hydrogen-bond donors (Lipinski definition) is 23. The van der Waals surface area contributed by atoms with E-state index in [9.17, 15) is 87.5 Å². The molecule has 0 bridgehead atoms. The lowest BCUT2D eigenvalue weighted by Gasteiger charge is -2.33. The summed E-state index contributed by atoms with van der Waals surface area (Å²) in [5.41, 5.74) is 15.9. The number of aromatic amines is 2. The number of hydrogen-bond acceptors (Lipinski definition) is 27. The van der Waals surface area contributed by atoms with Gasteiger partial charge in [0.15, 0.2) is 5.11 Å². The smallest absolute Gasteiger partial charge is 0.317 e. The average molecular weight is 1830 g/mol. The van der Waals surface area contributed by atoms with Crippen molar-refractivity contribution in [3.63, 3.8) is 0 Å². The third kappa shape index (κ3) is 46.4. The molecule has 702 valence electrons. The Morgan fingerprint density at radius 3 is 1.21 bits per heavy atom. The van der Waals surface area contributed by atoms with Gasteiger partial charge in [-0.2, -0.15) is 17.7 Å². The second-order valence-corrected chi connectivity index (χ2v) is 30.8. The summed E-state index contributed by atoms with van der Waals surface area (Å²) in [5.74, 6) is -14.0. The number of nitrogens with two attached hydrogens (primary N) is 2. The van der Waals surface area contributed by atoms with Crippen molar-refractivity contribution in [1.82, 2.24) is 114 Å². The lowest BCUT2D eigenvalue weighted by atomic mass is 10.0. The van der Waals surface area contributed by atoms with E-state index in [2.05, 4.69) is 124 Å². The number of H-pyrrole nitrogens is 2. The van der Waals surface area contributed by atoms with Crippen molar-refractivity contribution in [2.45, 2.75) is 145 Å². The minimum absolute atomic E-state index is 0.00766. The molecule has 1 aliphatic rings. The summed E-state index contributed by atoms with van der Waals surface area (Å²) in [4.78, 5) is 246. The van der Waals surface area contributed by atoms with Gasteiger partial charge in [-0.15, -0.1) is 0 Å². The molecule has 1 fully saturated rings. The van der Waals surface area contributed by atoms with Crippen LogP contribution in [-0.2, 0) is 107 Å². The Balaban J connectivity index is 1.42. The number of unbranched alkanes of at least 4 members (excludes halogenated alkanes) is 3. The van der Waals surface area contributed by atoms with Crippen LogP contribution in [0, 0.1) is 0 Å².